The summed E-state index contributed by atoms with van der Waals surface area (Å²) < 4.78 is 5.53. The maximum atomic E-state index is 11.1. The summed E-state index contributed by atoms with van der Waals surface area (Å²) in [5.74, 6) is -0.000874. The van der Waals surface area contributed by atoms with Crippen molar-refractivity contribution >= 4 is 5.91 Å². The van der Waals surface area contributed by atoms with Crippen molar-refractivity contribution in [2.24, 2.45) is 0 Å². The summed E-state index contributed by atoms with van der Waals surface area (Å²) in [7, 11) is 0. The third kappa shape index (κ3) is 1.06. The summed E-state index contributed by atoms with van der Waals surface area (Å²) in [5, 5.41) is 2.96. The van der Waals surface area contributed by atoms with Crippen molar-refractivity contribution in [3.8, 4) is 0 Å². The monoisotopic (exact) mass is 189 g/mol. The molecule has 1 heterocycles. The highest BCUT2D eigenvalue weighted by Crippen LogP contribution is 2.35. The smallest absolute Gasteiger partial charge is 0.246 e. The van der Waals surface area contributed by atoms with Gasteiger partial charge < -0.3 is 10.1 Å². The molecular formula is C11H11NO2. The Balaban J connectivity index is 1.98. The zero-order valence-corrected chi connectivity index (χ0v) is 7.69. The zero-order valence-electron chi connectivity index (χ0n) is 7.69. The van der Waals surface area contributed by atoms with Crippen LogP contribution in [0.2, 0.25) is 0 Å². The van der Waals surface area contributed by atoms with E-state index in [0.717, 1.165) is 6.42 Å². The van der Waals surface area contributed by atoms with Gasteiger partial charge in [0, 0.05) is 0 Å². The van der Waals surface area contributed by atoms with Crippen molar-refractivity contribution in [3.05, 3.63) is 35.4 Å². The molecule has 72 valence electrons. The van der Waals surface area contributed by atoms with Gasteiger partial charge in [0.25, 0.3) is 0 Å². The predicted molar refractivity (Wildman–Crippen MR) is 50.8 cm³/mol. The van der Waals surface area contributed by atoms with Crippen molar-refractivity contribution in [2.75, 3.05) is 6.61 Å². The number of benzene rings is 1. The van der Waals surface area contributed by atoms with Gasteiger partial charge in [0.05, 0.1) is 6.04 Å². The van der Waals surface area contributed by atoms with E-state index in [4.69, 9.17) is 4.74 Å². The van der Waals surface area contributed by atoms with E-state index in [-0.39, 0.29) is 24.7 Å². The lowest BCUT2D eigenvalue weighted by Gasteiger charge is -2.26. The van der Waals surface area contributed by atoms with Gasteiger partial charge in [-0.2, -0.15) is 0 Å². The molecule has 0 unspecified atom stereocenters. The van der Waals surface area contributed by atoms with Crippen LogP contribution in [0, 0.1) is 0 Å². The van der Waals surface area contributed by atoms with Crippen LogP contribution in [0.1, 0.15) is 17.2 Å². The van der Waals surface area contributed by atoms with E-state index in [9.17, 15) is 4.79 Å². The zero-order chi connectivity index (χ0) is 9.54. The molecule has 2 atom stereocenters. The second-order valence-electron chi connectivity index (χ2n) is 3.81. The van der Waals surface area contributed by atoms with Crippen LogP contribution in [0.3, 0.4) is 0 Å². The van der Waals surface area contributed by atoms with E-state index in [1.807, 2.05) is 12.1 Å². The van der Waals surface area contributed by atoms with Crippen molar-refractivity contribution in [2.45, 2.75) is 18.6 Å². The number of carbonyl (C=O) groups excluding carboxylic acids is 1. The number of amides is 1. The summed E-state index contributed by atoms with van der Waals surface area (Å²) in [4.78, 5) is 11.1. The highest BCUT2D eigenvalue weighted by Gasteiger charge is 2.37. The van der Waals surface area contributed by atoms with Crippen LogP contribution in [0.5, 0.6) is 0 Å². The van der Waals surface area contributed by atoms with Gasteiger partial charge in [-0.25, -0.2) is 0 Å². The fraction of sp³-hybridized carbons (Fsp3) is 0.364. The molecule has 0 spiro atoms. The molecule has 0 bridgehead atoms. The Hall–Kier alpha value is -1.35. The van der Waals surface area contributed by atoms with E-state index >= 15 is 0 Å². The first-order valence-electron chi connectivity index (χ1n) is 4.83. The normalized spacial score (nSPS) is 29.3. The molecule has 14 heavy (non-hydrogen) atoms. The van der Waals surface area contributed by atoms with Crippen molar-refractivity contribution < 1.29 is 9.53 Å². The molecule has 1 fully saturated rings. The third-order valence-electron chi connectivity index (χ3n) is 2.91. The van der Waals surface area contributed by atoms with Crippen LogP contribution in [-0.2, 0) is 16.0 Å². The molecule has 1 aromatic rings. The quantitative estimate of drug-likeness (QED) is 0.655. The summed E-state index contributed by atoms with van der Waals surface area (Å²) in [6.07, 6.45) is 0.968. The number of rotatable bonds is 0. The first-order chi connectivity index (χ1) is 6.84. The van der Waals surface area contributed by atoms with E-state index in [2.05, 4.69) is 17.4 Å². The van der Waals surface area contributed by atoms with Crippen LogP contribution < -0.4 is 5.32 Å². The van der Waals surface area contributed by atoms with Gasteiger partial charge in [0.2, 0.25) is 5.91 Å². The minimum atomic E-state index is -0.000874. The molecule has 0 aromatic heterocycles. The third-order valence-corrected chi connectivity index (χ3v) is 2.91. The Morgan fingerprint density at radius 2 is 2.21 bits per heavy atom. The van der Waals surface area contributed by atoms with Crippen LogP contribution >= 0.6 is 0 Å². The van der Waals surface area contributed by atoms with E-state index in [1.165, 1.54) is 11.1 Å². The minimum absolute atomic E-state index is 0.000874. The second-order valence-corrected chi connectivity index (χ2v) is 3.81. The maximum absolute atomic E-state index is 11.1. The first-order valence-corrected chi connectivity index (χ1v) is 4.83. The summed E-state index contributed by atoms with van der Waals surface area (Å²) in [6.45, 7) is 0.190. The van der Waals surface area contributed by atoms with Crippen molar-refractivity contribution in [3.63, 3.8) is 0 Å². The van der Waals surface area contributed by atoms with Crippen LogP contribution in [0.4, 0.5) is 0 Å². The number of carbonyl (C=O) groups is 1. The predicted octanol–water partition coefficient (Wildman–Crippen LogP) is 0.799. The average molecular weight is 189 g/mol. The Morgan fingerprint density at radius 3 is 3.14 bits per heavy atom. The SMILES string of the molecule is O=C1CO[C@H]2c3ccccc3C[C@H]2N1. The molecule has 0 saturated carbocycles. The molecule has 1 saturated heterocycles. The lowest BCUT2D eigenvalue weighted by atomic mass is 10.1. The fourth-order valence-electron chi connectivity index (χ4n) is 2.30. The number of hydrogen-bond donors (Lipinski definition) is 1. The number of fused-ring (bicyclic) bond motifs is 3. The number of nitrogens with one attached hydrogen (secondary N) is 1. The van der Waals surface area contributed by atoms with Crippen LogP contribution in [0.25, 0.3) is 0 Å². The molecule has 3 nitrogen and oxygen atoms in total. The topological polar surface area (TPSA) is 38.3 Å². The highest BCUT2D eigenvalue weighted by molar-refractivity contribution is 5.78. The lowest BCUT2D eigenvalue weighted by Crippen LogP contribution is -2.45. The van der Waals surface area contributed by atoms with Crippen LogP contribution in [-0.4, -0.2) is 18.6 Å². The van der Waals surface area contributed by atoms with E-state index in [1.54, 1.807) is 0 Å². The molecule has 3 heteroatoms. The van der Waals surface area contributed by atoms with Gasteiger partial charge in [0.15, 0.2) is 0 Å². The van der Waals surface area contributed by atoms with Crippen LogP contribution in [0.15, 0.2) is 24.3 Å². The van der Waals surface area contributed by atoms with Gasteiger partial charge in [-0.15, -0.1) is 0 Å². The summed E-state index contributed by atoms with van der Waals surface area (Å²) in [5.41, 5.74) is 2.53. The summed E-state index contributed by atoms with van der Waals surface area (Å²) >= 11 is 0. The van der Waals surface area contributed by atoms with Gasteiger partial charge in [-0.05, 0) is 17.5 Å². The number of hydrogen-bond acceptors (Lipinski definition) is 2. The molecule has 1 aliphatic heterocycles. The molecule has 1 N–H and O–H groups in total. The molecule has 2 aliphatic rings. The van der Waals surface area contributed by atoms with E-state index in [0.29, 0.717) is 0 Å². The standard InChI is InChI=1S/C11H11NO2/c13-10-6-14-11-8-4-2-1-3-7(8)5-9(11)12-10/h1-4,9,11H,5-6H2,(H,12,13)/t9-,11+/m1/s1. The van der Waals surface area contributed by atoms with Gasteiger partial charge in [0.1, 0.15) is 12.7 Å². The fourth-order valence-corrected chi connectivity index (χ4v) is 2.30. The van der Waals surface area contributed by atoms with E-state index < -0.39 is 0 Å². The Bertz CT molecular complexity index is 389. The largest absolute Gasteiger partial charge is 0.362 e. The molecule has 1 aromatic carbocycles. The van der Waals surface area contributed by atoms with Gasteiger partial charge >= 0.3 is 0 Å². The average Bonchev–Trinajstić information content (AvgIpc) is 2.54. The lowest BCUT2D eigenvalue weighted by molar-refractivity contribution is -0.136. The molecule has 3 rings (SSSR count). The van der Waals surface area contributed by atoms with Gasteiger partial charge in [-0.3, -0.25) is 4.79 Å². The Morgan fingerprint density at radius 1 is 1.36 bits per heavy atom. The minimum Gasteiger partial charge on any atom is -0.362 e. The molecular weight excluding hydrogens is 178 g/mol. The van der Waals surface area contributed by atoms with Crippen molar-refractivity contribution in [1.82, 2.24) is 5.32 Å². The molecule has 1 amide bonds. The number of ether oxygens (including phenoxy) is 1. The Kier molecular flexibility index (Phi) is 1.61. The summed E-state index contributed by atoms with van der Waals surface area (Å²) in [6, 6.07) is 8.37. The van der Waals surface area contributed by atoms with Crippen molar-refractivity contribution in [1.29, 1.82) is 0 Å². The van der Waals surface area contributed by atoms with Gasteiger partial charge in [-0.1, -0.05) is 24.3 Å². The highest BCUT2D eigenvalue weighted by atomic mass is 16.5. The molecule has 0 radical (unpaired) electrons. The number of morpholine rings is 1. The Labute approximate surface area is 82.1 Å². The first kappa shape index (κ1) is 8.00. The second kappa shape index (κ2) is 2.82. The molecule has 1 aliphatic carbocycles. The maximum Gasteiger partial charge on any atom is 0.246 e.